The van der Waals surface area contributed by atoms with E-state index in [1.807, 2.05) is 11.4 Å². The minimum Gasteiger partial charge on any atom is -0.496 e. The third-order valence-corrected chi connectivity index (χ3v) is 5.30. The lowest BCUT2D eigenvalue weighted by Gasteiger charge is -2.07. The van der Waals surface area contributed by atoms with Crippen LogP contribution in [0, 0.1) is 6.92 Å². The molecule has 0 amide bonds. The van der Waals surface area contributed by atoms with Gasteiger partial charge >= 0.3 is 0 Å². The van der Waals surface area contributed by atoms with Crippen molar-refractivity contribution in [3.8, 4) is 5.75 Å². The van der Waals surface area contributed by atoms with Gasteiger partial charge in [0.2, 0.25) is 0 Å². The average molecular weight is 318 g/mol. The van der Waals surface area contributed by atoms with Crippen LogP contribution in [-0.4, -0.2) is 7.11 Å². The molecule has 0 saturated heterocycles. The van der Waals surface area contributed by atoms with Gasteiger partial charge in [-0.3, -0.25) is 0 Å². The van der Waals surface area contributed by atoms with Gasteiger partial charge in [-0.1, -0.05) is 0 Å². The molecule has 2 rings (SSSR count). The Hall–Kier alpha value is -0.360. The monoisotopic (exact) mass is 317 g/mol. The zero-order chi connectivity index (χ0) is 11.7. The molecule has 0 aromatic carbocycles. The maximum absolute atomic E-state index is 6.23. The number of aryl methyl sites for hydroxylation is 1. The lowest BCUT2D eigenvalue weighted by molar-refractivity contribution is 0.416. The van der Waals surface area contributed by atoms with Crippen molar-refractivity contribution in [1.29, 1.82) is 0 Å². The van der Waals surface area contributed by atoms with Crippen molar-refractivity contribution in [3.63, 3.8) is 0 Å². The summed E-state index contributed by atoms with van der Waals surface area (Å²) in [6, 6.07) is 4.03. The molecule has 0 saturated carbocycles. The van der Waals surface area contributed by atoms with Gasteiger partial charge in [0.25, 0.3) is 0 Å². The Labute approximate surface area is 111 Å². The van der Waals surface area contributed by atoms with Crippen LogP contribution in [0.1, 0.15) is 20.7 Å². The molecule has 2 aromatic rings. The van der Waals surface area contributed by atoms with Crippen LogP contribution in [0.25, 0.3) is 0 Å². The molecular formula is C11H12BrNOS2. The molecule has 86 valence electrons. The first-order valence-corrected chi connectivity index (χ1v) is 7.24. The van der Waals surface area contributed by atoms with Crippen LogP contribution in [0.15, 0.2) is 22.0 Å². The number of hydrogen-bond donors (Lipinski definition) is 1. The van der Waals surface area contributed by atoms with Crippen molar-refractivity contribution < 1.29 is 4.74 Å². The van der Waals surface area contributed by atoms with Gasteiger partial charge in [0, 0.05) is 24.5 Å². The van der Waals surface area contributed by atoms with Gasteiger partial charge in [0.15, 0.2) is 0 Å². The largest absolute Gasteiger partial charge is 0.496 e. The quantitative estimate of drug-likeness (QED) is 0.930. The number of rotatable bonds is 3. The lowest BCUT2D eigenvalue weighted by atomic mass is 10.2. The summed E-state index contributed by atoms with van der Waals surface area (Å²) >= 11 is 6.90. The van der Waals surface area contributed by atoms with Crippen LogP contribution in [0.4, 0.5) is 0 Å². The molecular weight excluding hydrogens is 306 g/mol. The van der Waals surface area contributed by atoms with E-state index in [1.165, 1.54) is 9.75 Å². The maximum atomic E-state index is 6.23. The van der Waals surface area contributed by atoms with E-state index in [9.17, 15) is 0 Å². The third kappa shape index (κ3) is 2.32. The average Bonchev–Trinajstić information content (AvgIpc) is 2.84. The Morgan fingerprint density at radius 1 is 1.44 bits per heavy atom. The Kier molecular flexibility index (Phi) is 3.69. The van der Waals surface area contributed by atoms with Gasteiger partial charge < -0.3 is 10.5 Å². The highest BCUT2D eigenvalue weighted by atomic mass is 79.9. The minimum absolute atomic E-state index is 0.0676. The second kappa shape index (κ2) is 4.87. The van der Waals surface area contributed by atoms with E-state index in [2.05, 4.69) is 28.9 Å². The van der Waals surface area contributed by atoms with Crippen molar-refractivity contribution in [1.82, 2.24) is 0 Å². The van der Waals surface area contributed by atoms with E-state index in [-0.39, 0.29) is 6.04 Å². The van der Waals surface area contributed by atoms with Gasteiger partial charge in [0.1, 0.15) is 5.75 Å². The summed E-state index contributed by atoms with van der Waals surface area (Å²) in [6.45, 7) is 2.08. The first-order valence-electron chi connectivity index (χ1n) is 4.75. The Balaban J connectivity index is 2.31. The summed E-state index contributed by atoms with van der Waals surface area (Å²) in [7, 11) is 1.67. The van der Waals surface area contributed by atoms with Crippen molar-refractivity contribution in [2.75, 3.05) is 7.11 Å². The Morgan fingerprint density at radius 3 is 2.69 bits per heavy atom. The fourth-order valence-electron chi connectivity index (χ4n) is 1.45. The van der Waals surface area contributed by atoms with E-state index >= 15 is 0 Å². The summed E-state index contributed by atoms with van der Waals surface area (Å²) in [5, 5.41) is 1.98. The molecule has 0 aliphatic carbocycles. The predicted molar refractivity (Wildman–Crippen MR) is 73.7 cm³/mol. The van der Waals surface area contributed by atoms with Crippen LogP contribution in [-0.2, 0) is 0 Å². The summed E-state index contributed by atoms with van der Waals surface area (Å²) in [6.07, 6.45) is 0. The molecule has 2 heterocycles. The predicted octanol–water partition coefficient (Wildman–Crippen LogP) is 3.94. The topological polar surface area (TPSA) is 35.2 Å². The molecule has 0 fully saturated rings. The highest BCUT2D eigenvalue weighted by Gasteiger charge is 2.17. The van der Waals surface area contributed by atoms with Crippen LogP contribution < -0.4 is 10.5 Å². The van der Waals surface area contributed by atoms with E-state index < -0.39 is 0 Å². The number of ether oxygens (including phenoxy) is 1. The molecule has 1 unspecified atom stereocenters. The van der Waals surface area contributed by atoms with E-state index in [4.69, 9.17) is 10.5 Å². The van der Waals surface area contributed by atoms with Crippen molar-refractivity contribution in [2.24, 2.45) is 5.73 Å². The van der Waals surface area contributed by atoms with Crippen molar-refractivity contribution in [3.05, 3.63) is 36.6 Å². The molecule has 0 aliphatic heterocycles. The zero-order valence-corrected chi connectivity index (χ0v) is 12.2. The summed E-state index contributed by atoms with van der Waals surface area (Å²) in [4.78, 5) is 3.56. The Morgan fingerprint density at radius 2 is 2.19 bits per heavy atom. The highest BCUT2D eigenvalue weighted by molar-refractivity contribution is 9.10. The molecule has 5 heteroatoms. The van der Waals surface area contributed by atoms with Crippen molar-refractivity contribution >= 4 is 38.6 Å². The molecule has 16 heavy (non-hydrogen) atoms. The smallest absolute Gasteiger partial charge is 0.129 e. The highest BCUT2D eigenvalue weighted by Crippen LogP contribution is 2.37. The number of hydrogen-bond acceptors (Lipinski definition) is 4. The van der Waals surface area contributed by atoms with Gasteiger partial charge in [-0.05, 0) is 35.0 Å². The fourth-order valence-corrected chi connectivity index (χ4v) is 4.31. The molecule has 2 nitrogen and oxygen atoms in total. The van der Waals surface area contributed by atoms with Gasteiger partial charge in [0.05, 0.1) is 13.2 Å². The van der Waals surface area contributed by atoms with E-state index in [1.54, 1.807) is 29.8 Å². The summed E-state index contributed by atoms with van der Waals surface area (Å²) in [5.74, 6) is 0.875. The maximum Gasteiger partial charge on any atom is 0.129 e. The number of nitrogens with two attached hydrogens (primary N) is 1. The molecule has 2 aromatic heterocycles. The lowest BCUT2D eigenvalue weighted by Crippen LogP contribution is -2.08. The van der Waals surface area contributed by atoms with Crippen LogP contribution in [0.5, 0.6) is 5.75 Å². The van der Waals surface area contributed by atoms with Gasteiger partial charge in [-0.15, -0.1) is 22.7 Å². The second-order valence-corrected chi connectivity index (χ2v) is 6.52. The molecule has 0 aliphatic rings. The van der Waals surface area contributed by atoms with Crippen molar-refractivity contribution in [2.45, 2.75) is 13.0 Å². The van der Waals surface area contributed by atoms with Gasteiger partial charge in [-0.25, -0.2) is 0 Å². The molecule has 0 spiro atoms. The minimum atomic E-state index is -0.0676. The standard InChI is InChI=1S/C11H12BrNOS2/c1-6-3-8(12)11(16-6)10(13)9-4-7(14-2)5-15-9/h3-5,10H,13H2,1-2H3. The van der Waals surface area contributed by atoms with Gasteiger partial charge in [-0.2, -0.15) is 0 Å². The number of methoxy groups -OCH3 is 1. The molecule has 2 N–H and O–H groups in total. The molecule has 0 radical (unpaired) electrons. The summed E-state index contributed by atoms with van der Waals surface area (Å²) < 4.78 is 6.26. The van der Waals surface area contributed by atoms with Crippen LogP contribution in [0.2, 0.25) is 0 Å². The third-order valence-electron chi connectivity index (χ3n) is 2.26. The van der Waals surface area contributed by atoms with E-state index in [0.717, 1.165) is 15.1 Å². The van der Waals surface area contributed by atoms with Crippen LogP contribution >= 0.6 is 38.6 Å². The first kappa shape index (κ1) is 12.1. The fraction of sp³-hybridized carbons (Fsp3) is 0.273. The SMILES string of the molecule is COc1csc(C(N)c2sc(C)cc2Br)c1. The summed E-state index contributed by atoms with van der Waals surface area (Å²) in [5.41, 5.74) is 6.23. The normalized spacial score (nSPS) is 12.8. The number of thiophene rings is 2. The second-order valence-electron chi connectivity index (χ2n) is 3.44. The number of halogens is 1. The molecule has 0 bridgehead atoms. The molecule has 1 atom stereocenters. The first-order chi connectivity index (χ1) is 7.61. The Bertz CT molecular complexity index is 492. The van der Waals surface area contributed by atoms with Crippen LogP contribution in [0.3, 0.4) is 0 Å². The zero-order valence-electron chi connectivity index (χ0n) is 8.99. The van der Waals surface area contributed by atoms with E-state index in [0.29, 0.717) is 0 Å².